The highest BCUT2D eigenvalue weighted by Crippen LogP contribution is 2.39. The Morgan fingerprint density at radius 1 is 0.818 bits per heavy atom. The highest BCUT2D eigenvalue weighted by Gasteiger charge is 2.17. The molecule has 2 amide bonds. The Labute approximate surface area is 201 Å². The van der Waals surface area contributed by atoms with E-state index < -0.39 is 5.91 Å². The Kier molecular flexibility index (Phi) is 6.45. The highest BCUT2D eigenvalue weighted by molar-refractivity contribution is 7.18. The predicted octanol–water partition coefficient (Wildman–Crippen LogP) is 5.43. The van der Waals surface area contributed by atoms with Gasteiger partial charge in [-0.25, -0.2) is 0 Å². The summed E-state index contributed by atoms with van der Waals surface area (Å²) in [7, 11) is 0. The first-order valence-corrected chi connectivity index (χ1v) is 10.9. The van der Waals surface area contributed by atoms with E-state index >= 15 is 0 Å². The van der Waals surface area contributed by atoms with Crippen LogP contribution in [0.3, 0.4) is 0 Å². The van der Waals surface area contributed by atoms with E-state index in [-0.39, 0.29) is 27.6 Å². The lowest BCUT2D eigenvalue weighted by molar-refractivity contribution is 0.101. The molecule has 0 unspecified atom stereocenters. The molecule has 1 aromatic heterocycles. The van der Waals surface area contributed by atoms with Crippen LogP contribution in [-0.4, -0.2) is 32.2 Å². The number of phenols is 2. The molecule has 166 valence electrons. The number of phenolic OH excluding ortho intramolecular Hbond substituents is 2. The van der Waals surface area contributed by atoms with Crippen LogP contribution in [0.5, 0.6) is 11.5 Å². The quantitative estimate of drug-likeness (QED) is 0.271. The van der Waals surface area contributed by atoms with E-state index in [1.54, 1.807) is 12.1 Å². The first-order chi connectivity index (χ1) is 15.8. The molecular weight excluding hydrogens is 487 g/mol. The zero-order valence-electron chi connectivity index (χ0n) is 16.5. The first kappa shape index (κ1) is 22.5. The summed E-state index contributed by atoms with van der Waals surface area (Å²) < 4.78 is 0. The van der Waals surface area contributed by atoms with Crippen LogP contribution in [0.4, 0.5) is 10.8 Å². The second-order valence-electron chi connectivity index (χ2n) is 6.73. The van der Waals surface area contributed by atoms with Crippen molar-refractivity contribution >= 4 is 57.2 Å². The molecule has 0 spiro atoms. The molecule has 11 heteroatoms. The van der Waals surface area contributed by atoms with E-state index in [2.05, 4.69) is 20.8 Å². The number of rotatable bonds is 5. The molecule has 0 atom stereocenters. The van der Waals surface area contributed by atoms with Crippen molar-refractivity contribution in [2.45, 2.75) is 0 Å². The topological polar surface area (TPSA) is 124 Å². The van der Waals surface area contributed by atoms with Gasteiger partial charge in [-0.05, 0) is 60.7 Å². The average Bonchev–Trinajstić information content (AvgIpc) is 3.26. The van der Waals surface area contributed by atoms with Crippen LogP contribution < -0.4 is 10.6 Å². The lowest BCUT2D eigenvalue weighted by Crippen LogP contribution is -2.14. The number of aromatic nitrogens is 2. The van der Waals surface area contributed by atoms with Crippen molar-refractivity contribution in [2.75, 3.05) is 10.6 Å². The molecule has 0 saturated heterocycles. The molecule has 4 aromatic rings. The summed E-state index contributed by atoms with van der Waals surface area (Å²) in [5.41, 5.74) is 1.49. The summed E-state index contributed by atoms with van der Waals surface area (Å²) in [4.78, 5) is 24.9. The number of nitrogens with zero attached hydrogens (tertiary/aromatic N) is 2. The van der Waals surface area contributed by atoms with Gasteiger partial charge in [0.25, 0.3) is 11.8 Å². The number of amides is 2. The third-order valence-electron chi connectivity index (χ3n) is 4.44. The first-order valence-electron chi connectivity index (χ1n) is 9.34. The van der Waals surface area contributed by atoms with Gasteiger partial charge in [0.2, 0.25) is 5.13 Å². The van der Waals surface area contributed by atoms with Gasteiger partial charge in [0.05, 0.1) is 10.6 Å². The van der Waals surface area contributed by atoms with Gasteiger partial charge < -0.3 is 15.5 Å². The summed E-state index contributed by atoms with van der Waals surface area (Å²) >= 11 is 13.0. The van der Waals surface area contributed by atoms with Crippen molar-refractivity contribution in [3.8, 4) is 22.1 Å². The van der Waals surface area contributed by atoms with Gasteiger partial charge in [0.1, 0.15) is 11.5 Å². The molecule has 0 fully saturated rings. The number of hydrogen-bond acceptors (Lipinski definition) is 7. The van der Waals surface area contributed by atoms with Crippen LogP contribution >= 0.6 is 34.5 Å². The molecule has 0 aliphatic rings. The molecule has 1 heterocycles. The zero-order chi connectivity index (χ0) is 23.5. The number of carbonyl (C=O) groups is 2. The molecule has 0 aliphatic heterocycles. The fourth-order valence-electron chi connectivity index (χ4n) is 2.80. The Morgan fingerprint density at radius 3 is 2.06 bits per heavy atom. The van der Waals surface area contributed by atoms with Crippen molar-refractivity contribution in [3.05, 3.63) is 81.8 Å². The number of benzene rings is 3. The van der Waals surface area contributed by atoms with Gasteiger partial charge in [-0.2, -0.15) is 0 Å². The smallest absolute Gasteiger partial charge is 0.257 e. The number of hydrogen-bond donors (Lipinski definition) is 4. The van der Waals surface area contributed by atoms with Gasteiger partial charge in [0, 0.05) is 21.8 Å². The minimum absolute atomic E-state index is 0.0767. The number of carbonyl (C=O) groups excluding carboxylic acids is 2. The van der Waals surface area contributed by atoms with Crippen LogP contribution in [0.15, 0.2) is 60.7 Å². The standard InChI is InChI=1S/C22H14Cl2N4O4S/c23-13-9-16(18(30)17(24)10-13)21-27-28-22(33-21)26-20(32)12-3-1-11(2-4-12)19(31)25-14-5-7-15(29)8-6-14/h1-10,29-30H,(H,25,31)(H,26,28,32). The van der Waals surface area contributed by atoms with E-state index in [1.807, 2.05) is 0 Å². The van der Waals surface area contributed by atoms with Gasteiger partial charge in [-0.1, -0.05) is 34.5 Å². The molecule has 0 bridgehead atoms. The third kappa shape index (κ3) is 5.23. The Morgan fingerprint density at radius 2 is 1.42 bits per heavy atom. The predicted molar refractivity (Wildman–Crippen MR) is 127 cm³/mol. The van der Waals surface area contributed by atoms with Crippen LogP contribution in [0, 0.1) is 0 Å². The Bertz CT molecular complexity index is 1340. The Hall–Kier alpha value is -3.66. The second-order valence-corrected chi connectivity index (χ2v) is 8.55. The molecule has 3 aromatic carbocycles. The van der Waals surface area contributed by atoms with E-state index in [0.29, 0.717) is 32.4 Å². The number of nitrogens with one attached hydrogen (secondary N) is 2. The van der Waals surface area contributed by atoms with Crippen molar-refractivity contribution in [2.24, 2.45) is 0 Å². The van der Waals surface area contributed by atoms with Gasteiger partial charge in [0.15, 0.2) is 5.01 Å². The maximum absolute atomic E-state index is 12.6. The molecule has 4 N–H and O–H groups in total. The van der Waals surface area contributed by atoms with Gasteiger partial charge >= 0.3 is 0 Å². The molecule has 0 radical (unpaired) electrons. The maximum atomic E-state index is 12.6. The summed E-state index contributed by atoms with van der Waals surface area (Å²) in [5.74, 6) is -0.895. The van der Waals surface area contributed by atoms with Crippen LogP contribution in [0.1, 0.15) is 20.7 Å². The fourth-order valence-corrected chi connectivity index (χ4v) is 4.05. The highest BCUT2D eigenvalue weighted by atomic mass is 35.5. The van der Waals surface area contributed by atoms with E-state index in [0.717, 1.165) is 11.3 Å². The minimum atomic E-state index is -0.448. The van der Waals surface area contributed by atoms with Gasteiger partial charge in [-0.15, -0.1) is 10.2 Å². The monoisotopic (exact) mass is 500 g/mol. The van der Waals surface area contributed by atoms with Crippen molar-refractivity contribution in [1.82, 2.24) is 10.2 Å². The number of halogens is 2. The lowest BCUT2D eigenvalue weighted by Gasteiger charge is -2.06. The van der Waals surface area contributed by atoms with Crippen molar-refractivity contribution < 1.29 is 19.8 Å². The minimum Gasteiger partial charge on any atom is -0.508 e. The van der Waals surface area contributed by atoms with Crippen LogP contribution in [0.2, 0.25) is 10.0 Å². The number of aromatic hydroxyl groups is 2. The molecule has 8 nitrogen and oxygen atoms in total. The SMILES string of the molecule is O=C(Nc1ccc(O)cc1)c1ccc(C(=O)Nc2nnc(-c3cc(Cl)cc(Cl)c3O)s2)cc1. The van der Waals surface area contributed by atoms with E-state index in [1.165, 1.54) is 48.5 Å². The summed E-state index contributed by atoms with van der Waals surface area (Å²) in [5, 5.41) is 33.6. The number of anilines is 2. The molecular formula is C22H14Cl2N4O4S. The average molecular weight is 501 g/mol. The largest absolute Gasteiger partial charge is 0.508 e. The third-order valence-corrected chi connectivity index (χ3v) is 5.82. The molecule has 33 heavy (non-hydrogen) atoms. The normalized spacial score (nSPS) is 10.6. The van der Waals surface area contributed by atoms with Crippen molar-refractivity contribution in [1.29, 1.82) is 0 Å². The zero-order valence-corrected chi connectivity index (χ0v) is 18.9. The van der Waals surface area contributed by atoms with E-state index in [4.69, 9.17) is 23.2 Å². The molecule has 4 rings (SSSR count). The summed E-state index contributed by atoms with van der Waals surface area (Å²) in [6, 6.07) is 15.0. The summed E-state index contributed by atoms with van der Waals surface area (Å²) in [6.45, 7) is 0. The van der Waals surface area contributed by atoms with Crippen LogP contribution in [0.25, 0.3) is 10.6 Å². The van der Waals surface area contributed by atoms with Crippen LogP contribution in [-0.2, 0) is 0 Å². The van der Waals surface area contributed by atoms with Crippen molar-refractivity contribution in [3.63, 3.8) is 0 Å². The summed E-state index contributed by atoms with van der Waals surface area (Å²) in [6.07, 6.45) is 0. The van der Waals surface area contributed by atoms with Gasteiger partial charge in [-0.3, -0.25) is 14.9 Å². The second kappa shape index (κ2) is 9.45. The molecule has 0 saturated carbocycles. The fraction of sp³-hybridized carbons (Fsp3) is 0. The lowest BCUT2D eigenvalue weighted by atomic mass is 10.1. The molecule has 0 aliphatic carbocycles. The Balaban J connectivity index is 1.43. The van der Waals surface area contributed by atoms with E-state index in [9.17, 15) is 19.8 Å². The maximum Gasteiger partial charge on any atom is 0.257 e.